The molecule has 0 fully saturated rings. The molecular formula is C17H14O. The summed E-state index contributed by atoms with van der Waals surface area (Å²) in [6.45, 7) is 5.96. The summed E-state index contributed by atoms with van der Waals surface area (Å²) >= 11 is 0. The Labute approximate surface area is 106 Å². The standard InChI is InChI=1S/C17H14O/c1-3-15-17(13-9-5-4-8-12(13)2)14-10-6-7-11-16(14)18-15/h3-11H,1H2,2H3. The van der Waals surface area contributed by atoms with Gasteiger partial charge in [0.15, 0.2) is 0 Å². The van der Waals surface area contributed by atoms with E-state index in [1.807, 2.05) is 18.2 Å². The molecule has 0 aliphatic heterocycles. The van der Waals surface area contributed by atoms with E-state index in [0.29, 0.717) is 0 Å². The first kappa shape index (κ1) is 10.8. The molecule has 88 valence electrons. The van der Waals surface area contributed by atoms with Gasteiger partial charge in [0.2, 0.25) is 0 Å². The molecule has 3 rings (SSSR count). The summed E-state index contributed by atoms with van der Waals surface area (Å²) in [5.41, 5.74) is 4.49. The number of para-hydroxylation sites is 1. The van der Waals surface area contributed by atoms with Gasteiger partial charge in [0.05, 0.1) is 0 Å². The smallest absolute Gasteiger partial charge is 0.135 e. The molecule has 0 unspecified atom stereocenters. The highest BCUT2D eigenvalue weighted by atomic mass is 16.3. The van der Waals surface area contributed by atoms with Gasteiger partial charge in [0.25, 0.3) is 0 Å². The van der Waals surface area contributed by atoms with Gasteiger partial charge in [-0.1, -0.05) is 49.0 Å². The van der Waals surface area contributed by atoms with Gasteiger partial charge >= 0.3 is 0 Å². The molecule has 0 atom stereocenters. The van der Waals surface area contributed by atoms with Crippen LogP contribution >= 0.6 is 0 Å². The predicted molar refractivity (Wildman–Crippen MR) is 76.5 cm³/mol. The van der Waals surface area contributed by atoms with E-state index in [0.717, 1.165) is 22.3 Å². The summed E-state index contributed by atoms with van der Waals surface area (Å²) in [5.74, 6) is 0.838. The summed E-state index contributed by atoms with van der Waals surface area (Å²) in [7, 11) is 0. The minimum atomic E-state index is 0.838. The van der Waals surface area contributed by atoms with Crippen LogP contribution in [-0.2, 0) is 0 Å². The minimum Gasteiger partial charge on any atom is -0.456 e. The molecular weight excluding hydrogens is 220 g/mol. The summed E-state index contributed by atoms with van der Waals surface area (Å²) < 4.78 is 5.84. The van der Waals surface area contributed by atoms with Crippen molar-refractivity contribution in [1.82, 2.24) is 0 Å². The molecule has 0 aliphatic rings. The van der Waals surface area contributed by atoms with E-state index in [4.69, 9.17) is 4.42 Å². The lowest BCUT2D eigenvalue weighted by molar-refractivity contribution is 0.605. The van der Waals surface area contributed by atoms with Crippen molar-refractivity contribution in [3.63, 3.8) is 0 Å². The largest absolute Gasteiger partial charge is 0.456 e. The summed E-state index contributed by atoms with van der Waals surface area (Å²) in [5, 5.41) is 1.14. The third-order valence-electron chi connectivity index (χ3n) is 3.22. The normalized spacial score (nSPS) is 10.7. The molecule has 0 bridgehead atoms. The summed E-state index contributed by atoms with van der Waals surface area (Å²) in [6, 6.07) is 16.4. The fourth-order valence-corrected chi connectivity index (χ4v) is 2.34. The van der Waals surface area contributed by atoms with Gasteiger partial charge in [-0.05, 0) is 30.2 Å². The van der Waals surface area contributed by atoms with Crippen molar-refractivity contribution in [2.45, 2.75) is 6.92 Å². The molecule has 0 N–H and O–H groups in total. The Hall–Kier alpha value is -2.28. The molecule has 0 amide bonds. The molecule has 0 aliphatic carbocycles. The van der Waals surface area contributed by atoms with E-state index in [1.54, 1.807) is 6.08 Å². The molecule has 0 spiro atoms. The Balaban J connectivity index is 2.41. The van der Waals surface area contributed by atoms with Crippen molar-refractivity contribution in [2.75, 3.05) is 0 Å². The quantitative estimate of drug-likeness (QED) is 0.604. The van der Waals surface area contributed by atoms with Crippen LogP contribution in [0.15, 0.2) is 59.5 Å². The molecule has 1 aromatic heterocycles. The first-order valence-corrected chi connectivity index (χ1v) is 6.01. The lowest BCUT2D eigenvalue weighted by atomic mass is 9.98. The van der Waals surface area contributed by atoms with Gasteiger partial charge in [-0.2, -0.15) is 0 Å². The molecule has 0 radical (unpaired) electrons. The van der Waals surface area contributed by atoms with E-state index in [1.165, 1.54) is 11.1 Å². The number of fused-ring (bicyclic) bond motifs is 1. The molecule has 0 saturated carbocycles. The molecule has 2 aromatic carbocycles. The van der Waals surface area contributed by atoms with E-state index in [-0.39, 0.29) is 0 Å². The van der Waals surface area contributed by atoms with Crippen LogP contribution in [0.2, 0.25) is 0 Å². The van der Waals surface area contributed by atoms with E-state index < -0.39 is 0 Å². The number of aryl methyl sites for hydroxylation is 1. The predicted octanol–water partition coefficient (Wildman–Crippen LogP) is 5.05. The molecule has 1 nitrogen and oxygen atoms in total. The zero-order chi connectivity index (χ0) is 12.5. The fourth-order valence-electron chi connectivity index (χ4n) is 2.34. The second kappa shape index (κ2) is 4.19. The van der Waals surface area contributed by atoms with Crippen LogP contribution in [0.3, 0.4) is 0 Å². The average molecular weight is 234 g/mol. The Bertz CT molecular complexity index is 719. The number of benzene rings is 2. The highest BCUT2D eigenvalue weighted by Gasteiger charge is 2.14. The van der Waals surface area contributed by atoms with E-state index >= 15 is 0 Å². The Kier molecular flexibility index (Phi) is 2.52. The van der Waals surface area contributed by atoms with Gasteiger partial charge < -0.3 is 4.42 Å². The van der Waals surface area contributed by atoms with Crippen molar-refractivity contribution in [3.05, 3.63) is 66.4 Å². The summed E-state index contributed by atoms with van der Waals surface area (Å²) in [6.07, 6.45) is 1.78. The number of hydrogen-bond donors (Lipinski definition) is 0. The molecule has 0 saturated heterocycles. The van der Waals surface area contributed by atoms with Crippen LogP contribution in [0.5, 0.6) is 0 Å². The van der Waals surface area contributed by atoms with E-state index in [2.05, 4.69) is 43.8 Å². The van der Waals surface area contributed by atoms with Gasteiger partial charge in [-0.3, -0.25) is 0 Å². The molecule has 1 heterocycles. The monoisotopic (exact) mass is 234 g/mol. The third kappa shape index (κ3) is 1.56. The topological polar surface area (TPSA) is 13.1 Å². The molecule has 18 heavy (non-hydrogen) atoms. The second-order valence-corrected chi connectivity index (χ2v) is 4.36. The van der Waals surface area contributed by atoms with E-state index in [9.17, 15) is 0 Å². The van der Waals surface area contributed by atoms with Crippen molar-refractivity contribution < 1.29 is 4.42 Å². The van der Waals surface area contributed by atoms with Gasteiger partial charge in [0.1, 0.15) is 11.3 Å². The minimum absolute atomic E-state index is 0.838. The van der Waals surface area contributed by atoms with Gasteiger partial charge in [-0.25, -0.2) is 0 Å². The van der Waals surface area contributed by atoms with Crippen molar-refractivity contribution in [3.8, 4) is 11.1 Å². The Morgan fingerprint density at radius 2 is 1.72 bits per heavy atom. The van der Waals surface area contributed by atoms with Crippen LogP contribution in [0.25, 0.3) is 28.2 Å². The first-order chi connectivity index (χ1) is 8.81. The Morgan fingerprint density at radius 1 is 1.00 bits per heavy atom. The molecule has 3 aromatic rings. The second-order valence-electron chi connectivity index (χ2n) is 4.36. The number of hydrogen-bond acceptors (Lipinski definition) is 1. The maximum atomic E-state index is 5.84. The van der Waals surface area contributed by atoms with Crippen LogP contribution in [0, 0.1) is 6.92 Å². The van der Waals surface area contributed by atoms with Gasteiger partial charge in [0, 0.05) is 10.9 Å². The lowest BCUT2D eigenvalue weighted by Crippen LogP contribution is -1.83. The van der Waals surface area contributed by atoms with Crippen LogP contribution in [0.1, 0.15) is 11.3 Å². The van der Waals surface area contributed by atoms with Crippen LogP contribution < -0.4 is 0 Å². The van der Waals surface area contributed by atoms with Crippen LogP contribution in [-0.4, -0.2) is 0 Å². The first-order valence-electron chi connectivity index (χ1n) is 6.01. The van der Waals surface area contributed by atoms with Crippen molar-refractivity contribution >= 4 is 17.0 Å². The highest BCUT2D eigenvalue weighted by Crippen LogP contribution is 2.36. The highest BCUT2D eigenvalue weighted by molar-refractivity contribution is 5.98. The third-order valence-corrected chi connectivity index (χ3v) is 3.22. The van der Waals surface area contributed by atoms with Crippen LogP contribution in [0.4, 0.5) is 0 Å². The SMILES string of the molecule is C=Cc1oc2ccccc2c1-c1ccccc1C. The number of furan rings is 1. The zero-order valence-corrected chi connectivity index (χ0v) is 10.3. The van der Waals surface area contributed by atoms with Crippen molar-refractivity contribution in [2.24, 2.45) is 0 Å². The lowest BCUT2D eigenvalue weighted by Gasteiger charge is -2.04. The zero-order valence-electron chi connectivity index (χ0n) is 10.3. The summed E-state index contributed by atoms with van der Waals surface area (Å²) in [4.78, 5) is 0. The Morgan fingerprint density at radius 3 is 2.50 bits per heavy atom. The maximum Gasteiger partial charge on any atom is 0.135 e. The van der Waals surface area contributed by atoms with Gasteiger partial charge in [-0.15, -0.1) is 0 Å². The maximum absolute atomic E-state index is 5.84. The fraction of sp³-hybridized carbons (Fsp3) is 0.0588. The van der Waals surface area contributed by atoms with Crippen molar-refractivity contribution in [1.29, 1.82) is 0 Å². The average Bonchev–Trinajstić information content (AvgIpc) is 2.78. The molecule has 1 heteroatoms. The number of rotatable bonds is 2.